The predicted octanol–water partition coefficient (Wildman–Crippen LogP) is 2.41. The number of primary sulfonamides is 1. The monoisotopic (exact) mass is 429 g/mol. The van der Waals surface area contributed by atoms with Crippen molar-refractivity contribution in [3.05, 3.63) is 78.3 Å². The molecule has 8 nitrogen and oxygen atoms in total. The zero-order valence-corrected chi connectivity index (χ0v) is 15.9. The maximum atomic E-state index is 13.6. The van der Waals surface area contributed by atoms with Gasteiger partial charge in [0.15, 0.2) is 5.82 Å². The van der Waals surface area contributed by atoms with Gasteiger partial charge in [0, 0.05) is 29.5 Å². The second-order valence-corrected chi connectivity index (χ2v) is 7.85. The van der Waals surface area contributed by atoms with Crippen LogP contribution in [0, 0.1) is 11.6 Å². The number of halogens is 2. The average molecular weight is 429 g/mol. The van der Waals surface area contributed by atoms with Gasteiger partial charge < -0.3 is 0 Å². The molecule has 2 heterocycles. The topological polar surface area (TPSA) is 120 Å². The van der Waals surface area contributed by atoms with Crippen LogP contribution in [0.4, 0.5) is 8.78 Å². The number of rotatable bonds is 4. The lowest BCUT2D eigenvalue weighted by molar-refractivity contribution is 0.101. The van der Waals surface area contributed by atoms with Crippen molar-refractivity contribution in [1.82, 2.24) is 14.6 Å². The summed E-state index contributed by atoms with van der Waals surface area (Å²) in [4.78, 5) is 20.3. The van der Waals surface area contributed by atoms with Crippen molar-refractivity contribution in [1.29, 1.82) is 0 Å². The highest BCUT2D eigenvalue weighted by molar-refractivity contribution is 7.89. The summed E-state index contributed by atoms with van der Waals surface area (Å²) in [6.07, 6.45) is 3.57. The minimum atomic E-state index is -4.16. The van der Waals surface area contributed by atoms with Crippen molar-refractivity contribution in [2.45, 2.75) is 4.90 Å². The van der Waals surface area contributed by atoms with Gasteiger partial charge in [-0.2, -0.15) is 0 Å². The normalized spacial score (nSPS) is 11.6. The molecule has 30 heavy (non-hydrogen) atoms. The van der Waals surface area contributed by atoms with Crippen LogP contribution in [0.15, 0.2) is 66.0 Å². The molecule has 0 aliphatic heterocycles. The summed E-state index contributed by atoms with van der Waals surface area (Å²) in [7, 11) is -4.16. The molecular formula is C19H13F2N5O3S. The summed E-state index contributed by atoms with van der Waals surface area (Å²) >= 11 is 0. The summed E-state index contributed by atoms with van der Waals surface area (Å²) < 4.78 is 51.6. The molecule has 0 saturated heterocycles. The van der Waals surface area contributed by atoms with Crippen LogP contribution in [0.3, 0.4) is 0 Å². The number of carbonyl (C=O) groups excluding carboxylic acids is 1. The van der Waals surface area contributed by atoms with E-state index < -0.39 is 27.6 Å². The Morgan fingerprint density at radius 1 is 1.03 bits per heavy atom. The standard InChI is InChI=1S/C19H13F2N5O3S/c20-13-3-1-2-11(6-13)18-23-8-12(9-24-18)19(27)25-26-10-17(30(22,28)29)15-7-14(21)4-5-16(15)26/h1-10H,(H,25,27)(H2,22,28,29). The van der Waals surface area contributed by atoms with E-state index in [2.05, 4.69) is 15.4 Å². The molecule has 152 valence electrons. The molecule has 0 saturated carbocycles. The Balaban J connectivity index is 1.65. The third kappa shape index (κ3) is 3.75. The summed E-state index contributed by atoms with van der Waals surface area (Å²) in [5.74, 6) is -1.52. The molecule has 4 aromatic rings. The van der Waals surface area contributed by atoms with Gasteiger partial charge in [-0.3, -0.25) is 14.9 Å². The molecule has 0 fully saturated rings. The number of sulfonamides is 1. The van der Waals surface area contributed by atoms with E-state index in [1.807, 2.05) is 0 Å². The first-order valence-electron chi connectivity index (χ1n) is 8.45. The van der Waals surface area contributed by atoms with E-state index in [4.69, 9.17) is 5.14 Å². The molecule has 0 atom stereocenters. The van der Waals surface area contributed by atoms with Crippen LogP contribution in [0.2, 0.25) is 0 Å². The van der Waals surface area contributed by atoms with Gasteiger partial charge in [0.2, 0.25) is 10.0 Å². The molecule has 4 rings (SSSR count). The molecule has 11 heteroatoms. The molecule has 0 radical (unpaired) electrons. The number of amides is 1. The van der Waals surface area contributed by atoms with Crippen LogP contribution in [-0.2, 0) is 10.0 Å². The van der Waals surface area contributed by atoms with Gasteiger partial charge in [-0.05, 0) is 30.3 Å². The molecule has 0 bridgehead atoms. The fraction of sp³-hybridized carbons (Fsp3) is 0. The van der Waals surface area contributed by atoms with E-state index in [0.717, 1.165) is 23.0 Å². The summed E-state index contributed by atoms with van der Waals surface area (Å²) in [5.41, 5.74) is 3.21. The van der Waals surface area contributed by atoms with Gasteiger partial charge in [0.25, 0.3) is 5.91 Å². The van der Waals surface area contributed by atoms with E-state index in [1.54, 1.807) is 6.07 Å². The lowest BCUT2D eigenvalue weighted by atomic mass is 10.2. The quantitative estimate of drug-likeness (QED) is 0.516. The summed E-state index contributed by atoms with van der Waals surface area (Å²) in [5, 5.41) is 5.21. The second-order valence-electron chi connectivity index (χ2n) is 6.32. The third-order valence-electron chi connectivity index (χ3n) is 4.26. The molecule has 0 unspecified atom stereocenters. The highest BCUT2D eigenvalue weighted by Gasteiger charge is 2.19. The Labute approximate surface area is 169 Å². The van der Waals surface area contributed by atoms with Crippen molar-refractivity contribution in [2.75, 3.05) is 5.43 Å². The van der Waals surface area contributed by atoms with E-state index in [0.29, 0.717) is 5.56 Å². The number of nitrogens with two attached hydrogens (primary N) is 1. The Morgan fingerprint density at radius 2 is 1.73 bits per heavy atom. The molecule has 0 spiro atoms. The van der Waals surface area contributed by atoms with Gasteiger partial charge in [0.05, 0.1) is 11.1 Å². The summed E-state index contributed by atoms with van der Waals surface area (Å²) in [6, 6.07) is 9.12. The van der Waals surface area contributed by atoms with Crippen molar-refractivity contribution in [2.24, 2.45) is 5.14 Å². The number of carbonyl (C=O) groups is 1. The van der Waals surface area contributed by atoms with Crippen molar-refractivity contribution in [3.63, 3.8) is 0 Å². The Bertz CT molecular complexity index is 1390. The van der Waals surface area contributed by atoms with Gasteiger partial charge in [-0.25, -0.2) is 32.3 Å². The minimum absolute atomic E-state index is 0.0236. The number of nitrogens with one attached hydrogen (secondary N) is 1. The molecular weight excluding hydrogens is 416 g/mol. The van der Waals surface area contributed by atoms with Gasteiger partial charge in [-0.1, -0.05) is 12.1 Å². The van der Waals surface area contributed by atoms with Crippen molar-refractivity contribution >= 4 is 26.8 Å². The molecule has 0 aliphatic rings. The van der Waals surface area contributed by atoms with Crippen molar-refractivity contribution in [3.8, 4) is 11.4 Å². The van der Waals surface area contributed by atoms with Crippen LogP contribution >= 0.6 is 0 Å². The first kappa shape index (κ1) is 19.6. The zero-order valence-electron chi connectivity index (χ0n) is 15.1. The number of hydrogen-bond donors (Lipinski definition) is 2. The number of hydrogen-bond acceptors (Lipinski definition) is 5. The van der Waals surface area contributed by atoms with Gasteiger partial charge >= 0.3 is 0 Å². The predicted molar refractivity (Wildman–Crippen MR) is 104 cm³/mol. The number of fused-ring (bicyclic) bond motifs is 1. The molecule has 3 N–H and O–H groups in total. The SMILES string of the molecule is NS(=O)(=O)c1cn(NC(=O)c2cnc(-c3cccc(F)c3)nc2)c2ccc(F)cc12. The highest BCUT2D eigenvalue weighted by atomic mass is 32.2. The third-order valence-corrected chi connectivity index (χ3v) is 5.19. The van der Waals surface area contributed by atoms with E-state index in [9.17, 15) is 22.0 Å². The number of aromatic nitrogens is 3. The maximum absolute atomic E-state index is 13.6. The van der Waals surface area contributed by atoms with Crippen LogP contribution in [0.1, 0.15) is 10.4 Å². The van der Waals surface area contributed by atoms with Crippen LogP contribution in [0.5, 0.6) is 0 Å². The second kappa shape index (κ2) is 7.28. The Morgan fingerprint density at radius 3 is 2.40 bits per heavy atom. The maximum Gasteiger partial charge on any atom is 0.273 e. The minimum Gasteiger partial charge on any atom is -0.267 e. The first-order valence-corrected chi connectivity index (χ1v) is 10.00. The fourth-order valence-electron chi connectivity index (χ4n) is 2.89. The van der Waals surface area contributed by atoms with Gasteiger partial charge in [-0.15, -0.1) is 0 Å². The van der Waals surface area contributed by atoms with Crippen molar-refractivity contribution < 1.29 is 22.0 Å². The molecule has 2 aromatic carbocycles. The number of benzene rings is 2. The van der Waals surface area contributed by atoms with Crippen LogP contribution in [0.25, 0.3) is 22.3 Å². The highest BCUT2D eigenvalue weighted by Crippen LogP contribution is 2.25. The molecule has 2 aromatic heterocycles. The first-order chi connectivity index (χ1) is 14.2. The summed E-state index contributed by atoms with van der Waals surface area (Å²) in [6.45, 7) is 0. The van der Waals surface area contributed by atoms with Crippen LogP contribution in [-0.4, -0.2) is 29.0 Å². The molecule has 0 aliphatic carbocycles. The largest absolute Gasteiger partial charge is 0.273 e. The Kier molecular flexibility index (Phi) is 4.76. The van der Waals surface area contributed by atoms with E-state index in [-0.39, 0.29) is 27.2 Å². The Hall–Kier alpha value is -3.70. The van der Waals surface area contributed by atoms with Gasteiger partial charge in [0.1, 0.15) is 16.5 Å². The smallest absolute Gasteiger partial charge is 0.267 e. The lowest BCUT2D eigenvalue weighted by Gasteiger charge is -2.08. The lowest BCUT2D eigenvalue weighted by Crippen LogP contribution is -2.22. The van der Waals surface area contributed by atoms with Crippen LogP contribution < -0.4 is 10.6 Å². The fourth-order valence-corrected chi connectivity index (χ4v) is 3.61. The molecule has 1 amide bonds. The number of nitrogens with zero attached hydrogens (tertiary/aromatic N) is 3. The van der Waals surface area contributed by atoms with E-state index in [1.165, 1.54) is 36.7 Å². The average Bonchev–Trinajstić information content (AvgIpc) is 3.06. The zero-order chi connectivity index (χ0) is 21.5. The van der Waals surface area contributed by atoms with E-state index >= 15 is 0 Å².